The molecule has 144 valence electrons. The molecule has 0 aliphatic carbocycles. The van der Waals surface area contributed by atoms with E-state index in [-0.39, 0.29) is 5.82 Å². The molecule has 1 aromatic heterocycles. The van der Waals surface area contributed by atoms with Crippen molar-refractivity contribution in [3.8, 4) is 6.19 Å². The molecule has 28 heavy (non-hydrogen) atoms. The summed E-state index contributed by atoms with van der Waals surface area (Å²) in [5.74, 6) is -0.103. The molecule has 0 atom stereocenters. The lowest BCUT2D eigenvalue weighted by atomic mass is 10.2. The minimum Gasteiger partial charge on any atom is -0.302 e. The van der Waals surface area contributed by atoms with Gasteiger partial charge in [0, 0.05) is 37.6 Å². The number of hydrogen-bond donors (Lipinski definition) is 2. The summed E-state index contributed by atoms with van der Waals surface area (Å²) in [4.78, 5) is 18.2. The molecule has 8 heteroatoms. The van der Waals surface area contributed by atoms with E-state index in [1.165, 1.54) is 23.9 Å². The molecule has 1 amide bonds. The third-order valence-corrected chi connectivity index (χ3v) is 4.39. The standard InChI is InChI=1S/C20H21FN6O/c1-26(12-15-2-4-18(21)5-3-15)9-7-16-11-25-27(13-16)19-10-17(6-8-23-19)20(28)24-14-22/h2-6,8,10,13,25H,7,9,11-12H2,1H3,(H,24,28). The van der Waals surface area contributed by atoms with Gasteiger partial charge in [-0.05, 0) is 48.9 Å². The highest BCUT2D eigenvalue weighted by Crippen LogP contribution is 2.18. The fourth-order valence-electron chi connectivity index (χ4n) is 2.89. The summed E-state index contributed by atoms with van der Waals surface area (Å²) in [7, 11) is 2.03. The number of rotatable bonds is 7. The lowest BCUT2D eigenvalue weighted by molar-refractivity contribution is 0.0973. The predicted molar refractivity (Wildman–Crippen MR) is 103 cm³/mol. The SMILES string of the molecule is CN(CCC1=CN(c2cc(C(=O)NC#N)ccn2)NC1)Cc1ccc(F)cc1. The van der Waals surface area contributed by atoms with E-state index >= 15 is 0 Å². The van der Waals surface area contributed by atoms with Gasteiger partial charge in [-0.1, -0.05) is 12.1 Å². The van der Waals surface area contributed by atoms with E-state index in [1.807, 2.05) is 13.2 Å². The van der Waals surface area contributed by atoms with Crippen molar-refractivity contribution in [3.05, 3.63) is 71.3 Å². The van der Waals surface area contributed by atoms with Crippen LogP contribution in [0.4, 0.5) is 10.2 Å². The Morgan fingerprint density at radius 3 is 2.93 bits per heavy atom. The van der Waals surface area contributed by atoms with Crippen LogP contribution in [0.1, 0.15) is 22.3 Å². The van der Waals surface area contributed by atoms with Crippen LogP contribution >= 0.6 is 0 Å². The minimum absolute atomic E-state index is 0.225. The van der Waals surface area contributed by atoms with E-state index < -0.39 is 5.91 Å². The maximum absolute atomic E-state index is 13.0. The van der Waals surface area contributed by atoms with Crippen LogP contribution < -0.4 is 15.8 Å². The Morgan fingerprint density at radius 1 is 1.39 bits per heavy atom. The van der Waals surface area contributed by atoms with Gasteiger partial charge in [0.25, 0.3) is 5.91 Å². The third kappa shape index (κ3) is 5.13. The van der Waals surface area contributed by atoms with Crippen LogP contribution in [0.25, 0.3) is 0 Å². The summed E-state index contributed by atoms with van der Waals surface area (Å²) < 4.78 is 13.0. The molecule has 7 nitrogen and oxygen atoms in total. The molecule has 0 radical (unpaired) electrons. The van der Waals surface area contributed by atoms with Gasteiger partial charge in [-0.2, -0.15) is 5.26 Å². The number of amides is 1. The van der Waals surface area contributed by atoms with Crippen molar-refractivity contribution in [3.63, 3.8) is 0 Å². The number of pyridine rings is 1. The first-order chi connectivity index (χ1) is 13.5. The number of benzene rings is 1. The molecule has 1 aliphatic rings. The number of nitriles is 1. The van der Waals surface area contributed by atoms with E-state index in [1.54, 1.807) is 35.5 Å². The molecule has 0 saturated heterocycles. The highest BCUT2D eigenvalue weighted by Gasteiger charge is 2.16. The Kier molecular flexibility index (Phi) is 6.32. The van der Waals surface area contributed by atoms with Crippen molar-refractivity contribution < 1.29 is 9.18 Å². The summed E-state index contributed by atoms with van der Waals surface area (Å²) in [6.07, 6.45) is 6.00. The van der Waals surface area contributed by atoms with Gasteiger partial charge in [0.1, 0.15) is 11.6 Å². The van der Waals surface area contributed by atoms with Crippen LogP contribution in [0, 0.1) is 17.3 Å². The highest BCUT2D eigenvalue weighted by atomic mass is 19.1. The zero-order valence-corrected chi connectivity index (χ0v) is 15.5. The largest absolute Gasteiger partial charge is 0.302 e. The van der Waals surface area contributed by atoms with Gasteiger partial charge < -0.3 is 4.90 Å². The Hall–Kier alpha value is -3.28. The van der Waals surface area contributed by atoms with Gasteiger partial charge in [0.05, 0.1) is 0 Å². The van der Waals surface area contributed by atoms with E-state index in [4.69, 9.17) is 5.26 Å². The van der Waals surface area contributed by atoms with E-state index in [9.17, 15) is 9.18 Å². The zero-order valence-electron chi connectivity index (χ0n) is 15.5. The molecule has 2 aromatic rings. The normalized spacial score (nSPS) is 13.4. The Morgan fingerprint density at radius 2 is 2.18 bits per heavy atom. The van der Waals surface area contributed by atoms with E-state index in [2.05, 4.69) is 20.6 Å². The van der Waals surface area contributed by atoms with Crippen LogP contribution in [0.2, 0.25) is 0 Å². The van der Waals surface area contributed by atoms with Crippen molar-refractivity contribution in [2.24, 2.45) is 0 Å². The van der Waals surface area contributed by atoms with Gasteiger partial charge in [0.15, 0.2) is 6.19 Å². The van der Waals surface area contributed by atoms with Crippen molar-refractivity contribution in [2.75, 3.05) is 25.1 Å². The molecular weight excluding hydrogens is 359 g/mol. The number of aromatic nitrogens is 1. The average Bonchev–Trinajstić information content (AvgIpc) is 3.18. The topological polar surface area (TPSA) is 84.3 Å². The van der Waals surface area contributed by atoms with Crippen molar-refractivity contribution >= 4 is 11.7 Å². The number of nitrogens with one attached hydrogen (secondary N) is 2. The molecule has 0 saturated carbocycles. The molecule has 1 aliphatic heterocycles. The molecule has 3 rings (SSSR count). The number of anilines is 1. The number of halogens is 1. The quantitative estimate of drug-likeness (QED) is 0.566. The molecule has 1 aromatic carbocycles. The second-order valence-corrected chi connectivity index (χ2v) is 6.58. The number of hydrogen-bond acceptors (Lipinski definition) is 6. The molecule has 0 fully saturated rings. The summed E-state index contributed by atoms with van der Waals surface area (Å²) in [6, 6.07) is 9.72. The second kappa shape index (κ2) is 9.08. The molecular formula is C20H21FN6O. The molecule has 0 spiro atoms. The Bertz CT molecular complexity index is 906. The predicted octanol–water partition coefficient (Wildman–Crippen LogP) is 2.16. The highest BCUT2D eigenvalue weighted by molar-refractivity contribution is 5.95. The number of nitrogens with zero attached hydrogens (tertiary/aromatic N) is 4. The van der Waals surface area contributed by atoms with Crippen LogP contribution in [-0.4, -0.2) is 35.9 Å². The van der Waals surface area contributed by atoms with Crippen LogP contribution in [0.3, 0.4) is 0 Å². The lowest BCUT2D eigenvalue weighted by Crippen LogP contribution is -2.29. The maximum Gasteiger partial charge on any atom is 0.264 e. The molecule has 0 bridgehead atoms. The smallest absolute Gasteiger partial charge is 0.264 e. The Labute approximate surface area is 163 Å². The van der Waals surface area contributed by atoms with Crippen LogP contribution in [-0.2, 0) is 6.54 Å². The average molecular weight is 380 g/mol. The molecule has 2 N–H and O–H groups in total. The van der Waals surface area contributed by atoms with Crippen molar-refractivity contribution in [1.82, 2.24) is 20.6 Å². The van der Waals surface area contributed by atoms with Crippen molar-refractivity contribution in [1.29, 1.82) is 5.26 Å². The Balaban J connectivity index is 1.55. The first-order valence-corrected chi connectivity index (χ1v) is 8.86. The fourth-order valence-corrected chi connectivity index (χ4v) is 2.89. The van der Waals surface area contributed by atoms with Gasteiger partial charge in [0.2, 0.25) is 0 Å². The van der Waals surface area contributed by atoms with E-state index in [0.717, 1.165) is 25.1 Å². The first-order valence-electron chi connectivity index (χ1n) is 8.86. The maximum atomic E-state index is 13.0. The first kappa shape index (κ1) is 19.5. The molecule has 2 heterocycles. The van der Waals surface area contributed by atoms with Crippen molar-refractivity contribution in [2.45, 2.75) is 13.0 Å². The molecule has 0 unspecified atom stereocenters. The van der Waals surface area contributed by atoms with Gasteiger partial charge in [-0.3, -0.25) is 15.1 Å². The monoisotopic (exact) mass is 380 g/mol. The third-order valence-electron chi connectivity index (χ3n) is 4.39. The van der Waals surface area contributed by atoms with Gasteiger partial charge in [-0.25, -0.2) is 14.8 Å². The van der Waals surface area contributed by atoms with E-state index in [0.29, 0.717) is 17.9 Å². The number of carbonyl (C=O) groups excluding carboxylic acids is 1. The van der Waals surface area contributed by atoms with Gasteiger partial charge in [-0.15, -0.1) is 0 Å². The minimum atomic E-state index is -0.461. The fraction of sp³-hybridized carbons (Fsp3) is 0.250. The summed E-state index contributed by atoms with van der Waals surface area (Å²) in [6.45, 7) is 2.31. The second-order valence-electron chi connectivity index (χ2n) is 6.58. The zero-order chi connectivity index (χ0) is 19.9. The summed E-state index contributed by atoms with van der Waals surface area (Å²) >= 11 is 0. The number of hydrazine groups is 1. The number of carbonyl (C=O) groups is 1. The van der Waals surface area contributed by atoms with Crippen LogP contribution in [0.15, 0.2) is 54.4 Å². The van der Waals surface area contributed by atoms with Crippen LogP contribution in [0.5, 0.6) is 0 Å². The lowest BCUT2D eigenvalue weighted by Gasteiger charge is -2.16. The summed E-state index contributed by atoms with van der Waals surface area (Å²) in [5.41, 5.74) is 5.87. The van der Waals surface area contributed by atoms with Gasteiger partial charge >= 0.3 is 0 Å². The summed E-state index contributed by atoms with van der Waals surface area (Å²) in [5, 5.41) is 12.5.